The van der Waals surface area contributed by atoms with E-state index in [4.69, 9.17) is 0 Å². The lowest BCUT2D eigenvalue weighted by Crippen LogP contribution is -2.35. The van der Waals surface area contributed by atoms with Crippen molar-refractivity contribution < 1.29 is 14.3 Å². The number of hydrogen-bond donors (Lipinski definition) is 3. The minimum atomic E-state index is -0.417. The summed E-state index contributed by atoms with van der Waals surface area (Å²) in [6.07, 6.45) is 0.177. The normalized spacial score (nSPS) is 12.9. The zero-order chi connectivity index (χ0) is 17.0. The summed E-state index contributed by atoms with van der Waals surface area (Å²) in [5.41, 5.74) is 1.45. The van der Waals surface area contributed by atoms with Crippen LogP contribution in [0.1, 0.15) is 37.7 Å². The molecule has 0 bridgehead atoms. The molecule has 3 N–H and O–H groups in total. The van der Waals surface area contributed by atoms with Gasteiger partial charge in [-0.2, -0.15) is 5.10 Å². The van der Waals surface area contributed by atoms with E-state index < -0.39 is 6.10 Å². The zero-order valence-electron chi connectivity index (χ0n) is 13.6. The van der Waals surface area contributed by atoms with Crippen molar-refractivity contribution in [2.75, 3.05) is 6.54 Å². The molecule has 6 heteroatoms. The Morgan fingerprint density at radius 3 is 2.65 bits per heavy atom. The Balaban J connectivity index is 2.00. The molecule has 0 saturated carbocycles. The molecular weight excluding hydrogens is 297 g/mol. The number of hydrogen-bond acceptors (Lipinski definition) is 3. The predicted octanol–water partition coefficient (Wildman–Crippen LogP) is 2.74. The third kappa shape index (κ3) is 4.89. The van der Waals surface area contributed by atoms with Crippen LogP contribution in [0.4, 0.5) is 4.39 Å². The Kier molecular flexibility index (Phi) is 5.15. The SMILES string of the molecule is CC(O)CC(C)(C)CNC(=O)c1cc(-c2ccc(F)cc2)n[nH]1. The molecule has 0 aliphatic rings. The standard InChI is InChI=1S/C17H22FN3O2/c1-11(22)9-17(2,3)10-19-16(23)15-8-14(20-21-15)12-4-6-13(18)7-5-12/h4-8,11,22H,9-10H2,1-3H3,(H,19,23)(H,20,21). The number of carbonyl (C=O) groups is 1. The molecule has 1 heterocycles. The first kappa shape index (κ1) is 17.1. The van der Waals surface area contributed by atoms with E-state index in [2.05, 4.69) is 15.5 Å². The van der Waals surface area contributed by atoms with E-state index in [0.717, 1.165) is 5.56 Å². The van der Waals surface area contributed by atoms with Crippen molar-refractivity contribution in [3.63, 3.8) is 0 Å². The van der Waals surface area contributed by atoms with Gasteiger partial charge in [-0.05, 0) is 49.1 Å². The number of amides is 1. The van der Waals surface area contributed by atoms with Crippen molar-refractivity contribution in [3.05, 3.63) is 41.8 Å². The van der Waals surface area contributed by atoms with Crippen molar-refractivity contribution in [1.29, 1.82) is 0 Å². The van der Waals surface area contributed by atoms with E-state index in [-0.39, 0.29) is 17.1 Å². The predicted molar refractivity (Wildman–Crippen MR) is 86.4 cm³/mol. The molecule has 23 heavy (non-hydrogen) atoms. The molecule has 0 fully saturated rings. The van der Waals surface area contributed by atoms with E-state index in [0.29, 0.717) is 24.4 Å². The van der Waals surface area contributed by atoms with Gasteiger partial charge in [0.15, 0.2) is 0 Å². The molecule has 1 aromatic heterocycles. The van der Waals surface area contributed by atoms with Crippen LogP contribution in [0, 0.1) is 11.2 Å². The summed E-state index contributed by atoms with van der Waals surface area (Å²) in [5.74, 6) is -0.577. The van der Waals surface area contributed by atoms with E-state index in [1.54, 1.807) is 25.1 Å². The minimum absolute atomic E-state index is 0.205. The van der Waals surface area contributed by atoms with E-state index in [9.17, 15) is 14.3 Å². The molecule has 2 rings (SSSR count). The Morgan fingerprint density at radius 1 is 1.39 bits per heavy atom. The van der Waals surface area contributed by atoms with Gasteiger partial charge in [-0.3, -0.25) is 9.89 Å². The maximum atomic E-state index is 12.9. The summed E-state index contributed by atoms with van der Waals surface area (Å²) < 4.78 is 12.9. The molecule has 0 radical (unpaired) electrons. The Bertz CT molecular complexity index is 663. The average Bonchev–Trinajstić information content (AvgIpc) is 2.94. The second-order valence-electron chi connectivity index (χ2n) is 6.57. The lowest BCUT2D eigenvalue weighted by Gasteiger charge is -2.26. The number of H-pyrrole nitrogens is 1. The quantitative estimate of drug-likeness (QED) is 0.766. The summed E-state index contributed by atoms with van der Waals surface area (Å²) in [5, 5.41) is 19.1. The first-order valence-electron chi connectivity index (χ1n) is 7.54. The van der Waals surface area contributed by atoms with Crippen molar-refractivity contribution in [2.45, 2.75) is 33.3 Å². The lowest BCUT2D eigenvalue weighted by molar-refractivity contribution is 0.0897. The molecule has 1 amide bonds. The van der Waals surface area contributed by atoms with Crippen molar-refractivity contribution in [1.82, 2.24) is 15.5 Å². The lowest BCUT2D eigenvalue weighted by atomic mass is 9.87. The molecule has 124 valence electrons. The van der Waals surface area contributed by atoms with Gasteiger partial charge in [0.1, 0.15) is 11.5 Å². The fourth-order valence-electron chi connectivity index (χ4n) is 2.49. The van der Waals surface area contributed by atoms with Crippen LogP contribution in [0.5, 0.6) is 0 Å². The third-order valence-electron chi connectivity index (χ3n) is 3.54. The monoisotopic (exact) mass is 319 g/mol. The van der Waals surface area contributed by atoms with Crippen LogP contribution in [0.2, 0.25) is 0 Å². The number of benzene rings is 1. The van der Waals surface area contributed by atoms with Crippen LogP contribution >= 0.6 is 0 Å². The van der Waals surface area contributed by atoms with Crippen molar-refractivity contribution >= 4 is 5.91 Å². The fraction of sp³-hybridized carbons (Fsp3) is 0.412. The third-order valence-corrected chi connectivity index (χ3v) is 3.54. The molecule has 2 aromatic rings. The van der Waals surface area contributed by atoms with Crippen molar-refractivity contribution in [3.8, 4) is 11.3 Å². The van der Waals surface area contributed by atoms with E-state index in [1.165, 1.54) is 12.1 Å². The molecule has 1 atom stereocenters. The average molecular weight is 319 g/mol. The summed E-state index contributed by atoms with van der Waals surface area (Å²) in [7, 11) is 0. The summed E-state index contributed by atoms with van der Waals surface area (Å²) in [6.45, 7) is 6.14. The minimum Gasteiger partial charge on any atom is -0.393 e. The van der Waals surface area contributed by atoms with Crippen LogP contribution in [-0.2, 0) is 0 Å². The van der Waals surface area contributed by atoms with Crippen LogP contribution in [0.15, 0.2) is 30.3 Å². The molecule has 0 aliphatic heterocycles. The summed E-state index contributed by atoms with van der Waals surface area (Å²) in [6, 6.07) is 7.55. The molecule has 0 spiro atoms. The number of nitrogens with one attached hydrogen (secondary N) is 2. The maximum absolute atomic E-state index is 12.9. The second-order valence-corrected chi connectivity index (χ2v) is 6.57. The highest BCUT2D eigenvalue weighted by atomic mass is 19.1. The summed E-state index contributed by atoms with van der Waals surface area (Å²) in [4.78, 5) is 12.2. The number of nitrogens with zero attached hydrogens (tertiary/aromatic N) is 1. The van der Waals surface area contributed by atoms with Gasteiger partial charge in [-0.1, -0.05) is 13.8 Å². The largest absolute Gasteiger partial charge is 0.393 e. The number of aliphatic hydroxyl groups is 1. The van der Waals surface area contributed by atoms with Crippen LogP contribution in [-0.4, -0.2) is 33.9 Å². The van der Waals surface area contributed by atoms with Gasteiger partial charge in [0.05, 0.1) is 11.8 Å². The molecule has 0 aliphatic carbocycles. The van der Waals surface area contributed by atoms with Gasteiger partial charge in [0.25, 0.3) is 5.91 Å². The maximum Gasteiger partial charge on any atom is 0.269 e. The van der Waals surface area contributed by atoms with Gasteiger partial charge in [-0.25, -0.2) is 4.39 Å². The van der Waals surface area contributed by atoms with Gasteiger partial charge >= 0.3 is 0 Å². The van der Waals surface area contributed by atoms with Gasteiger partial charge in [0, 0.05) is 12.1 Å². The molecule has 5 nitrogen and oxygen atoms in total. The molecular formula is C17H22FN3O2. The molecule has 1 unspecified atom stereocenters. The fourth-order valence-corrected chi connectivity index (χ4v) is 2.49. The number of rotatable bonds is 6. The van der Waals surface area contributed by atoms with Crippen LogP contribution in [0.3, 0.4) is 0 Å². The van der Waals surface area contributed by atoms with Crippen LogP contribution < -0.4 is 5.32 Å². The number of aromatic nitrogens is 2. The van der Waals surface area contributed by atoms with E-state index in [1.807, 2.05) is 13.8 Å². The summed E-state index contributed by atoms with van der Waals surface area (Å²) >= 11 is 0. The highest BCUT2D eigenvalue weighted by Gasteiger charge is 2.22. The molecule has 1 aromatic carbocycles. The van der Waals surface area contributed by atoms with Crippen LogP contribution in [0.25, 0.3) is 11.3 Å². The topological polar surface area (TPSA) is 78.0 Å². The van der Waals surface area contributed by atoms with Gasteiger partial charge < -0.3 is 10.4 Å². The first-order chi connectivity index (χ1) is 10.8. The second kappa shape index (κ2) is 6.91. The zero-order valence-corrected chi connectivity index (χ0v) is 13.6. The highest BCUT2D eigenvalue weighted by molar-refractivity contribution is 5.93. The molecule has 0 saturated heterocycles. The Morgan fingerprint density at radius 2 is 2.04 bits per heavy atom. The number of aliphatic hydroxyl groups excluding tert-OH is 1. The van der Waals surface area contributed by atoms with Crippen molar-refractivity contribution in [2.24, 2.45) is 5.41 Å². The number of halogens is 1. The van der Waals surface area contributed by atoms with Gasteiger partial charge in [0.2, 0.25) is 0 Å². The van der Waals surface area contributed by atoms with E-state index >= 15 is 0 Å². The van der Waals surface area contributed by atoms with Gasteiger partial charge in [-0.15, -0.1) is 0 Å². The Labute approximate surface area is 134 Å². The number of carbonyl (C=O) groups excluding carboxylic acids is 1. The highest BCUT2D eigenvalue weighted by Crippen LogP contribution is 2.22. The number of aromatic amines is 1. The smallest absolute Gasteiger partial charge is 0.269 e. The Hall–Kier alpha value is -2.21. The first-order valence-corrected chi connectivity index (χ1v) is 7.54.